The Hall–Kier alpha value is -3.03. The molecule has 0 saturated carbocycles. The number of nitrogens with one attached hydrogen (secondary N) is 1. The molecule has 0 aliphatic carbocycles. The van der Waals surface area contributed by atoms with Crippen molar-refractivity contribution in [1.29, 1.82) is 5.41 Å². The molecule has 0 amide bonds. The van der Waals surface area contributed by atoms with Gasteiger partial charge in [0.2, 0.25) is 0 Å². The minimum absolute atomic E-state index is 0.0943. The molecule has 0 saturated heterocycles. The van der Waals surface area contributed by atoms with Gasteiger partial charge in [-0.1, -0.05) is 29.8 Å². The second kappa shape index (κ2) is 7.77. The quantitative estimate of drug-likeness (QED) is 0.581. The SMILES string of the molecule is COc1cc(OC)cc(N2CC(O)=C(c3nc(-c4ccccc4Cl)cs3)C2=N)c1. The molecule has 0 spiro atoms. The molecule has 29 heavy (non-hydrogen) atoms. The molecule has 1 aliphatic rings. The van der Waals surface area contributed by atoms with E-state index in [1.54, 1.807) is 37.3 Å². The monoisotopic (exact) mass is 427 g/mol. The summed E-state index contributed by atoms with van der Waals surface area (Å²) in [4.78, 5) is 6.31. The predicted molar refractivity (Wildman–Crippen MR) is 117 cm³/mol. The number of thiazole rings is 1. The summed E-state index contributed by atoms with van der Waals surface area (Å²) < 4.78 is 10.6. The molecule has 2 N–H and O–H groups in total. The number of anilines is 1. The van der Waals surface area contributed by atoms with E-state index in [1.807, 2.05) is 29.6 Å². The summed E-state index contributed by atoms with van der Waals surface area (Å²) in [6, 6.07) is 12.8. The Morgan fingerprint density at radius 3 is 2.48 bits per heavy atom. The number of nitrogens with zero attached hydrogens (tertiary/aromatic N) is 2. The van der Waals surface area contributed by atoms with Gasteiger partial charge in [-0.15, -0.1) is 11.3 Å². The fourth-order valence-electron chi connectivity index (χ4n) is 3.15. The molecule has 0 radical (unpaired) electrons. The van der Waals surface area contributed by atoms with Gasteiger partial charge < -0.3 is 19.5 Å². The maximum Gasteiger partial charge on any atom is 0.139 e. The minimum atomic E-state index is 0.0943. The average Bonchev–Trinajstić information content (AvgIpc) is 3.32. The van der Waals surface area contributed by atoms with Crippen LogP contribution in [0.3, 0.4) is 0 Å². The topological polar surface area (TPSA) is 78.7 Å². The molecule has 4 rings (SSSR count). The van der Waals surface area contributed by atoms with Crippen LogP contribution in [-0.2, 0) is 0 Å². The van der Waals surface area contributed by atoms with Gasteiger partial charge >= 0.3 is 0 Å². The van der Waals surface area contributed by atoms with Gasteiger partial charge in [0.25, 0.3) is 0 Å². The summed E-state index contributed by atoms with van der Waals surface area (Å²) in [5.41, 5.74) is 2.63. The average molecular weight is 428 g/mol. The molecule has 1 aromatic heterocycles. The van der Waals surface area contributed by atoms with Crippen molar-refractivity contribution in [2.45, 2.75) is 0 Å². The zero-order valence-corrected chi connectivity index (χ0v) is 17.3. The molecule has 6 nitrogen and oxygen atoms in total. The van der Waals surface area contributed by atoms with Gasteiger partial charge in [0.1, 0.15) is 28.1 Å². The lowest BCUT2D eigenvalue weighted by atomic mass is 10.2. The van der Waals surface area contributed by atoms with E-state index in [-0.39, 0.29) is 18.1 Å². The van der Waals surface area contributed by atoms with E-state index in [2.05, 4.69) is 4.98 Å². The van der Waals surface area contributed by atoms with Crippen LogP contribution in [0.15, 0.2) is 53.6 Å². The number of aliphatic hydroxyl groups excluding tert-OH is 1. The number of methoxy groups -OCH3 is 2. The third-order valence-electron chi connectivity index (χ3n) is 4.62. The lowest BCUT2D eigenvalue weighted by Crippen LogP contribution is -2.26. The molecule has 8 heteroatoms. The third-order valence-corrected chi connectivity index (χ3v) is 5.81. The van der Waals surface area contributed by atoms with Crippen LogP contribution in [-0.4, -0.2) is 36.7 Å². The number of ether oxygens (including phenoxy) is 2. The van der Waals surface area contributed by atoms with Crippen molar-refractivity contribution >= 4 is 40.0 Å². The first-order valence-electron chi connectivity index (χ1n) is 8.74. The van der Waals surface area contributed by atoms with Gasteiger partial charge in [-0.05, 0) is 6.07 Å². The smallest absolute Gasteiger partial charge is 0.139 e. The number of aliphatic hydroxyl groups is 1. The molecule has 1 aliphatic heterocycles. The summed E-state index contributed by atoms with van der Waals surface area (Å²) in [6.07, 6.45) is 0. The first kappa shape index (κ1) is 19.3. The first-order valence-corrected chi connectivity index (χ1v) is 10.00. The third kappa shape index (κ3) is 3.54. The van der Waals surface area contributed by atoms with Crippen LogP contribution in [0.1, 0.15) is 5.01 Å². The molecular weight excluding hydrogens is 410 g/mol. The van der Waals surface area contributed by atoms with E-state index < -0.39 is 0 Å². The van der Waals surface area contributed by atoms with E-state index >= 15 is 0 Å². The van der Waals surface area contributed by atoms with Gasteiger partial charge in [0.05, 0.1) is 37.7 Å². The molecule has 0 bridgehead atoms. The summed E-state index contributed by atoms with van der Waals surface area (Å²) in [5, 5.41) is 22.3. The van der Waals surface area contributed by atoms with Gasteiger partial charge in [0, 0.05) is 34.2 Å². The Morgan fingerprint density at radius 2 is 1.83 bits per heavy atom. The van der Waals surface area contributed by atoms with E-state index in [0.717, 1.165) is 5.56 Å². The number of rotatable bonds is 5. The first-order chi connectivity index (χ1) is 14.0. The van der Waals surface area contributed by atoms with Crippen molar-refractivity contribution in [3.63, 3.8) is 0 Å². The Kier molecular flexibility index (Phi) is 5.17. The molecule has 0 fully saturated rings. The summed E-state index contributed by atoms with van der Waals surface area (Å²) in [5.74, 6) is 1.47. The van der Waals surface area contributed by atoms with Crippen LogP contribution < -0.4 is 14.4 Å². The van der Waals surface area contributed by atoms with E-state index in [4.69, 9.17) is 26.5 Å². The van der Waals surface area contributed by atoms with Crippen molar-refractivity contribution < 1.29 is 14.6 Å². The van der Waals surface area contributed by atoms with Crippen molar-refractivity contribution in [3.8, 4) is 22.8 Å². The van der Waals surface area contributed by atoms with Crippen molar-refractivity contribution in [3.05, 3.63) is 63.6 Å². The largest absolute Gasteiger partial charge is 0.510 e. The zero-order chi connectivity index (χ0) is 20.5. The van der Waals surface area contributed by atoms with E-state index in [1.165, 1.54) is 11.3 Å². The fraction of sp³-hybridized carbons (Fsp3) is 0.143. The van der Waals surface area contributed by atoms with Gasteiger partial charge in [-0.3, -0.25) is 5.41 Å². The van der Waals surface area contributed by atoms with Crippen molar-refractivity contribution in [2.24, 2.45) is 0 Å². The normalized spacial score (nSPS) is 13.9. The van der Waals surface area contributed by atoms with Crippen molar-refractivity contribution in [2.75, 3.05) is 25.7 Å². The summed E-state index contributed by atoms with van der Waals surface area (Å²) >= 11 is 7.64. The summed E-state index contributed by atoms with van der Waals surface area (Å²) in [6.45, 7) is 0.172. The molecule has 2 aromatic carbocycles. The highest BCUT2D eigenvalue weighted by Gasteiger charge is 2.32. The second-order valence-corrected chi connectivity index (χ2v) is 7.61. The molecule has 0 atom stereocenters. The maximum atomic E-state index is 10.6. The molecule has 3 aromatic rings. The Bertz CT molecular complexity index is 1100. The highest BCUT2D eigenvalue weighted by atomic mass is 35.5. The van der Waals surface area contributed by atoms with Crippen molar-refractivity contribution in [1.82, 2.24) is 4.98 Å². The maximum absolute atomic E-state index is 10.6. The highest BCUT2D eigenvalue weighted by Crippen LogP contribution is 2.37. The van der Waals surface area contributed by atoms with Crippen LogP contribution in [0, 0.1) is 5.41 Å². The molecule has 0 unspecified atom stereocenters. The number of halogens is 1. The lowest BCUT2D eigenvalue weighted by Gasteiger charge is -2.20. The van der Waals surface area contributed by atoms with E-state index in [9.17, 15) is 5.11 Å². The number of benzene rings is 2. The van der Waals surface area contributed by atoms with Crippen LogP contribution in [0.4, 0.5) is 5.69 Å². The second-order valence-electron chi connectivity index (χ2n) is 6.35. The minimum Gasteiger partial charge on any atom is -0.510 e. The lowest BCUT2D eigenvalue weighted by molar-refractivity contribution is 0.394. The number of hydrogen-bond acceptors (Lipinski definition) is 6. The zero-order valence-electron chi connectivity index (χ0n) is 15.8. The van der Waals surface area contributed by atoms with Gasteiger partial charge in [-0.2, -0.15) is 0 Å². The van der Waals surface area contributed by atoms with Crippen LogP contribution in [0.5, 0.6) is 11.5 Å². The number of aromatic nitrogens is 1. The molecule has 2 heterocycles. The Morgan fingerprint density at radius 1 is 1.14 bits per heavy atom. The highest BCUT2D eigenvalue weighted by molar-refractivity contribution is 7.11. The standard InChI is InChI=1S/C21H18ClN3O3S/c1-27-13-7-12(8-14(9-13)28-2)25-10-18(26)19(20(25)23)21-24-17(11-29-21)15-5-3-4-6-16(15)22/h3-9,11,23,26H,10H2,1-2H3. The Labute approximate surface area is 177 Å². The number of amidine groups is 1. The summed E-state index contributed by atoms with van der Waals surface area (Å²) in [7, 11) is 3.14. The van der Waals surface area contributed by atoms with Gasteiger partial charge in [0.15, 0.2) is 0 Å². The molecule has 148 valence electrons. The van der Waals surface area contributed by atoms with Crippen LogP contribution in [0.25, 0.3) is 16.8 Å². The number of hydrogen-bond donors (Lipinski definition) is 2. The predicted octanol–water partition coefficient (Wildman–Crippen LogP) is 5.25. The Balaban J connectivity index is 1.67. The van der Waals surface area contributed by atoms with Crippen LogP contribution in [0.2, 0.25) is 5.02 Å². The van der Waals surface area contributed by atoms with Crippen LogP contribution >= 0.6 is 22.9 Å². The molecular formula is C21H18ClN3O3S. The van der Waals surface area contributed by atoms with E-state index in [0.29, 0.717) is 38.5 Å². The van der Waals surface area contributed by atoms with Gasteiger partial charge in [-0.25, -0.2) is 4.98 Å². The fourth-order valence-corrected chi connectivity index (χ4v) is 4.27.